The molecule has 0 unspecified atom stereocenters. The second-order valence-electron chi connectivity index (χ2n) is 6.05. The third-order valence-corrected chi connectivity index (χ3v) is 4.42. The number of rotatable bonds is 3. The van der Waals surface area contributed by atoms with Crippen LogP contribution in [0.15, 0.2) is 35.3 Å². The van der Waals surface area contributed by atoms with Crippen molar-refractivity contribution in [2.24, 2.45) is 7.05 Å². The van der Waals surface area contributed by atoms with Gasteiger partial charge in [-0.2, -0.15) is 5.26 Å². The summed E-state index contributed by atoms with van der Waals surface area (Å²) in [6.45, 7) is 3.58. The van der Waals surface area contributed by atoms with E-state index in [4.69, 9.17) is 10.00 Å². The molecule has 3 heterocycles. The molecule has 3 rings (SSSR count). The van der Waals surface area contributed by atoms with Crippen LogP contribution in [0.2, 0.25) is 0 Å². The van der Waals surface area contributed by atoms with E-state index in [0.717, 1.165) is 37.4 Å². The molecule has 2 aromatic rings. The van der Waals surface area contributed by atoms with Crippen LogP contribution < -0.4 is 15.2 Å². The summed E-state index contributed by atoms with van der Waals surface area (Å²) in [4.78, 5) is 18.4. The first kappa shape index (κ1) is 16.1. The van der Waals surface area contributed by atoms with E-state index in [0.29, 0.717) is 11.3 Å². The number of aryl methyl sites for hydroxylation is 1. The molecule has 6 nitrogen and oxygen atoms in total. The number of nitriles is 1. The predicted octanol–water partition coefficient (Wildman–Crippen LogP) is 2.01. The van der Waals surface area contributed by atoms with Gasteiger partial charge in [0.2, 0.25) is 0 Å². The Kier molecular flexibility index (Phi) is 4.52. The fourth-order valence-electron chi connectivity index (χ4n) is 2.84. The first-order valence-electron chi connectivity index (χ1n) is 8.02. The Morgan fingerprint density at radius 1 is 1.29 bits per heavy atom. The fourth-order valence-corrected chi connectivity index (χ4v) is 2.84. The van der Waals surface area contributed by atoms with Crippen molar-refractivity contribution < 1.29 is 4.74 Å². The highest BCUT2D eigenvalue weighted by Crippen LogP contribution is 2.22. The van der Waals surface area contributed by atoms with Crippen LogP contribution in [-0.2, 0) is 7.05 Å². The van der Waals surface area contributed by atoms with Crippen LogP contribution in [0.5, 0.6) is 5.75 Å². The second kappa shape index (κ2) is 6.75. The standard InChI is InChI=1S/C18H20N4O2/c1-13-9-16(10-18(23)21(13)2)24-15-5-7-22(8-6-15)17-4-3-14(11-19)12-20-17/h3-4,9-10,12,15H,5-8H2,1-2H3. The van der Waals surface area contributed by atoms with Crippen molar-refractivity contribution in [3.05, 3.63) is 52.1 Å². The molecule has 0 aromatic carbocycles. The van der Waals surface area contributed by atoms with E-state index in [1.165, 1.54) is 0 Å². The third kappa shape index (κ3) is 3.40. The summed E-state index contributed by atoms with van der Waals surface area (Å²) in [5, 5.41) is 8.83. The van der Waals surface area contributed by atoms with Crippen LogP contribution in [-0.4, -0.2) is 28.7 Å². The van der Waals surface area contributed by atoms with E-state index in [-0.39, 0.29) is 11.7 Å². The normalized spacial score (nSPS) is 15.1. The Bertz CT molecular complexity index is 812. The Labute approximate surface area is 140 Å². The summed E-state index contributed by atoms with van der Waals surface area (Å²) in [5.74, 6) is 1.53. The van der Waals surface area contributed by atoms with Gasteiger partial charge in [0.15, 0.2) is 0 Å². The van der Waals surface area contributed by atoms with Crippen LogP contribution >= 0.6 is 0 Å². The molecule has 0 saturated carbocycles. The van der Waals surface area contributed by atoms with Crippen molar-refractivity contribution in [2.75, 3.05) is 18.0 Å². The lowest BCUT2D eigenvalue weighted by Gasteiger charge is -2.33. The first-order chi connectivity index (χ1) is 11.6. The number of hydrogen-bond acceptors (Lipinski definition) is 5. The highest BCUT2D eigenvalue weighted by molar-refractivity contribution is 5.42. The lowest BCUT2D eigenvalue weighted by Crippen LogP contribution is -2.38. The summed E-state index contributed by atoms with van der Waals surface area (Å²) in [5.41, 5.74) is 1.40. The van der Waals surface area contributed by atoms with Crippen LogP contribution in [0.25, 0.3) is 0 Å². The van der Waals surface area contributed by atoms with Crippen molar-refractivity contribution in [3.8, 4) is 11.8 Å². The van der Waals surface area contributed by atoms with E-state index in [9.17, 15) is 4.79 Å². The summed E-state index contributed by atoms with van der Waals surface area (Å²) in [6.07, 6.45) is 3.44. The molecule has 1 fully saturated rings. The van der Waals surface area contributed by atoms with Gasteiger partial charge >= 0.3 is 0 Å². The lowest BCUT2D eigenvalue weighted by atomic mass is 10.1. The smallest absolute Gasteiger partial charge is 0.254 e. The zero-order valence-corrected chi connectivity index (χ0v) is 13.9. The van der Waals surface area contributed by atoms with Gasteiger partial charge in [0.1, 0.15) is 23.7 Å². The molecule has 0 bridgehead atoms. The number of ether oxygens (including phenoxy) is 1. The van der Waals surface area contributed by atoms with Gasteiger partial charge in [-0.25, -0.2) is 4.98 Å². The van der Waals surface area contributed by atoms with Crippen molar-refractivity contribution in [2.45, 2.75) is 25.9 Å². The van der Waals surface area contributed by atoms with E-state index in [1.54, 1.807) is 29.9 Å². The van der Waals surface area contributed by atoms with Crippen LogP contribution in [0.3, 0.4) is 0 Å². The third-order valence-electron chi connectivity index (χ3n) is 4.42. The van der Waals surface area contributed by atoms with Gasteiger partial charge in [-0.3, -0.25) is 4.79 Å². The van der Waals surface area contributed by atoms with Gasteiger partial charge in [-0.15, -0.1) is 0 Å². The molecule has 0 amide bonds. The van der Waals surface area contributed by atoms with Gasteiger partial charge in [-0.05, 0) is 25.1 Å². The SMILES string of the molecule is Cc1cc(OC2CCN(c3ccc(C#N)cn3)CC2)cc(=O)n1C. The van der Waals surface area contributed by atoms with Crippen LogP contribution in [0, 0.1) is 18.3 Å². The zero-order chi connectivity index (χ0) is 17.1. The molecule has 0 radical (unpaired) electrons. The number of pyridine rings is 2. The molecule has 1 saturated heterocycles. The van der Waals surface area contributed by atoms with Crippen molar-refractivity contribution in [3.63, 3.8) is 0 Å². The largest absolute Gasteiger partial charge is 0.490 e. The second-order valence-corrected chi connectivity index (χ2v) is 6.05. The molecule has 6 heteroatoms. The summed E-state index contributed by atoms with van der Waals surface area (Å²) in [7, 11) is 1.75. The average Bonchev–Trinajstić information content (AvgIpc) is 2.60. The molecular formula is C18H20N4O2. The van der Waals surface area contributed by atoms with Crippen molar-refractivity contribution in [1.29, 1.82) is 5.26 Å². The number of aromatic nitrogens is 2. The molecule has 1 aliphatic rings. The quantitative estimate of drug-likeness (QED) is 0.863. The van der Waals surface area contributed by atoms with Crippen molar-refractivity contribution in [1.82, 2.24) is 9.55 Å². The molecule has 0 spiro atoms. The van der Waals surface area contributed by atoms with Crippen molar-refractivity contribution >= 4 is 5.82 Å². The molecule has 124 valence electrons. The molecule has 0 atom stereocenters. The minimum Gasteiger partial charge on any atom is -0.490 e. The van der Waals surface area contributed by atoms with Gasteiger partial charge in [0, 0.05) is 50.9 Å². The minimum atomic E-state index is -0.0516. The number of piperidine rings is 1. The Morgan fingerprint density at radius 2 is 2.04 bits per heavy atom. The Hall–Kier alpha value is -2.81. The van der Waals surface area contributed by atoms with Gasteiger partial charge in [0.05, 0.1) is 5.56 Å². The van der Waals surface area contributed by atoms with Gasteiger partial charge in [-0.1, -0.05) is 0 Å². The molecule has 2 aromatic heterocycles. The highest BCUT2D eigenvalue weighted by Gasteiger charge is 2.21. The molecule has 0 N–H and O–H groups in total. The molecule has 0 aliphatic carbocycles. The lowest BCUT2D eigenvalue weighted by molar-refractivity contribution is 0.170. The highest BCUT2D eigenvalue weighted by atomic mass is 16.5. The van der Waals surface area contributed by atoms with E-state index >= 15 is 0 Å². The molecular weight excluding hydrogens is 304 g/mol. The number of nitrogens with zero attached hydrogens (tertiary/aromatic N) is 4. The monoisotopic (exact) mass is 324 g/mol. The van der Waals surface area contributed by atoms with Crippen LogP contribution in [0.1, 0.15) is 24.1 Å². The Morgan fingerprint density at radius 3 is 2.62 bits per heavy atom. The molecule has 24 heavy (non-hydrogen) atoms. The predicted molar refractivity (Wildman–Crippen MR) is 91.2 cm³/mol. The fraction of sp³-hybridized carbons (Fsp3) is 0.389. The maximum absolute atomic E-state index is 11.8. The van der Waals surface area contributed by atoms with E-state index < -0.39 is 0 Å². The van der Waals surface area contributed by atoms with E-state index in [2.05, 4.69) is 16.0 Å². The number of hydrogen-bond donors (Lipinski definition) is 0. The first-order valence-corrected chi connectivity index (χ1v) is 8.02. The summed E-state index contributed by atoms with van der Waals surface area (Å²) in [6, 6.07) is 9.18. The van der Waals surface area contributed by atoms with Gasteiger partial charge in [0.25, 0.3) is 5.56 Å². The Balaban J connectivity index is 1.61. The maximum Gasteiger partial charge on any atom is 0.254 e. The zero-order valence-electron chi connectivity index (χ0n) is 13.9. The topological polar surface area (TPSA) is 71.2 Å². The van der Waals surface area contributed by atoms with Crippen LogP contribution in [0.4, 0.5) is 5.82 Å². The number of anilines is 1. The van der Waals surface area contributed by atoms with E-state index in [1.807, 2.05) is 19.1 Å². The summed E-state index contributed by atoms with van der Waals surface area (Å²) >= 11 is 0. The maximum atomic E-state index is 11.8. The summed E-state index contributed by atoms with van der Waals surface area (Å²) < 4.78 is 7.59. The minimum absolute atomic E-state index is 0.0516. The average molecular weight is 324 g/mol. The molecule has 1 aliphatic heterocycles. The van der Waals surface area contributed by atoms with Gasteiger partial charge < -0.3 is 14.2 Å².